The average Bonchev–Trinajstić information content (AvgIpc) is 2.48. The minimum Gasteiger partial charge on any atom is -0.497 e. The van der Waals surface area contributed by atoms with Crippen molar-refractivity contribution in [2.24, 2.45) is 5.10 Å². The molecule has 0 aliphatic heterocycles. The van der Waals surface area contributed by atoms with Crippen molar-refractivity contribution in [1.82, 2.24) is 0 Å². The number of carbonyl (C=O) groups is 1. The summed E-state index contributed by atoms with van der Waals surface area (Å²) in [7, 11) is 1.60. The molecule has 0 saturated carbocycles. The van der Waals surface area contributed by atoms with Crippen molar-refractivity contribution >= 4 is 17.9 Å². The zero-order valence-corrected chi connectivity index (χ0v) is 10.9. The summed E-state index contributed by atoms with van der Waals surface area (Å²) in [5.74, 6) is -0.216. The van der Waals surface area contributed by atoms with E-state index in [1.807, 2.05) is 24.3 Å². The number of methoxy groups -OCH3 is 1. The molecular formula is C15H14N2O3. The van der Waals surface area contributed by atoms with E-state index in [4.69, 9.17) is 9.84 Å². The Morgan fingerprint density at radius 2 is 2.05 bits per heavy atom. The van der Waals surface area contributed by atoms with Gasteiger partial charge >= 0.3 is 5.97 Å². The maximum atomic E-state index is 10.8. The highest BCUT2D eigenvalue weighted by Gasteiger charge is 2.01. The number of rotatable bonds is 5. The van der Waals surface area contributed by atoms with Crippen LogP contribution < -0.4 is 10.2 Å². The molecule has 0 aliphatic rings. The van der Waals surface area contributed by atoms with Crippen LogP contribution in [0.4, 0.5) is 5.69 Å². The number of ether oxygens (including phenoxy) is 1. The number of aromatic carboxylic acids is 1. The predicted molar refractivity (Wildman–Crippen MR) is 77.6 cm³/mol. The lowest BCUT2D eigenvalue weighted by Crippen LogP contribution is -1.97. The van der Waals surface area contributed by atoms with Gasteiger partial charge in [-0.2, -0.15) is 5.10 Å². The van der Waals surface area contributed by atoms with Gasteiger partial charge in [0.1, 0.15) is 5.75 Å². The lowest BCUT2D eigenvalue weighted by molar-refractivity contribution is 0.0697. The van der Waals surface area contributed by atoms with Crippen molar-refractivity contribution in [2.75, 3.05) is 12.5 Å². The van der Waals surface area contributed by atoms with E-state index < -0.39 is 5.97 Å². The molecule has 102 valence electrons. The van der Waals surface area contributed by atoms with Crippen LogP contribution in [0.3, 0.4) is 0 Å². The number of benzene rings is 2. The number of hydrazone groups is 1. The maximum Gasteiger partial charge on any atom is 0.335 e. The molecule has 0 fully saturated rings. The largest absolute Gasteiger partial charge is 0.497 e. The fourth-order valence-electron chi connectivity index (χ4n) is 1.62. The van der Waals surface area contributed by atoms with E-state index in [0.29, 0.717) is 5.69 Å². The first-order valence-electron chi connectivity index (χ1n) is 5.95. The molecule has 0 aromatic heterocycles. The molecule has 2 aromatic carbocycles. The molecule has 0 unspecified atom stereocenters. The van der Waals surface area contributed by atoms with E-state index in [2.05, 4.69) is 10.5 Å². The SMILES string of the molecule is COc1cccc(/C=N\Nc2cccc(C(=O)O)c2)c1. The topological polar surface area (TPSA) is 70.9 Å². The Hall–Kier alpha value is -2.82. The number of hydrogen-bond donors (Lipinski definition) is 2. The van der Waals surface area contributed by atoms with Crippen molar-refractivity contribution in [1.29, 1.82) is 0 Å². The Labute approximate surface area is 116 Å². The van der Waals surface area contributed by atoms with Gasteiger partial charge in [0, 0.05) is 0 Å². The Bertz CT molecular complexity index is 639. The highest BCUT2D eigenvalue weighted by Crippen LogP contribution is 2.12. The fraction of sp³-hybridized carbons (Fsp3) is 0.0667. The van der Waals surface area contributed by atoms with Gasteiger partial charge < -0.3 is 9.84 Å². The van der Waals surface area contributed by atoms with Gasteiger partial charge in [0.2, 0.25) is 0 Å². The maximum absolute atomic E-state index is 10.8. The van der Waals surface area contributed by atoms with Crippen molar-refractivity contribution in [3.05, 3.63) is 59.7 Å². The summed E-state index contributed by atoms with van der Waals surface area (Å²) in [6.45, 7) is 0. The molecule has 0 amide bonds. The van der Waals surface area contributed by atoms with Crippen molar-refractivity contribution in [3.8, 4) is 5.75 Å². The normalized spacial score (nSPS) is 10.4. The second kappa shape index (κ2) is 6.38. The van der Waals surface area contributed by atoms with Crippen molar-refractivity contribution < 1.29 is 14.6 Å². The standard InChI is InChI=1S/C15H14N2O3/c1-20-14-7-2-4-11(8-14)10-16-17-13-6-3-5-12(9-13)15(18)19/h2-10,17H,1H3,(H,18,19)/b16-10-. The molecular weight excluding hydrogens is 256 g/mol. The molecule has 0 saturated heterocycles. The summed E-state index contributed by atoms with van der Waals surface area (Å²) < 4.78 is 5.11. The van der Waals surface area contributed by atoms with E-state index in [1.165, 1.54) is 12.1 Å². The summed E-state index contributed by atoms with van der Waals surface area (Å²) in [5.41, 5.74) is 4.50. The molecule has 0 radical (unpaired) electrons. The third-order valence-corrected chi connectivity index (χ3v) is 2.61. The average molecular weight is 270 g/mol. The van der Waals surface area contributed by atoms with E-state index in [1.54, 1.807) is 25.5 Å². The van der Waals surface area contributed by atoms with Gasteiger partial charge in [0.25, 0.3) is 0 Å². The number of carboxylic acids is 1. The molecule has 0 spiro atoms. The van der Waals surface area contributed by atoms with Gasteiger partial charge in [0.05, 0.1) is 24.6 Å². The summed E-state index contributed by atoms with van der Waals surface area (Å²) in [4.78, 5) is 10.8. The Balaban J connectivity index is 2.05. The second-order valence-corrected chi connectivity index (χ2v) is 4.03. The van der Waals surface area contributed by atoms with Crippen LogP contribution >= 0.6 is 0 Å². The van der Waals surface area contributed by atoms with Crippen LogP contribution in [0.5, 0.6) is 5.75 Å². The van der Waals surface area contributed by atoms with E-state index >= 15 is 0 Å². The number of carboxylic acid groups (broad SMARTS) is 1. The lowest BCUT2D eigenvalue weighted by Gasteiger charge is -2.02. The molecule has 2 N–H and O–H groups in total. The van der Waals surface area contributed by atoms with Gasteiger partial charge in [-0.25, -0.2) is 4.79 Å². The zero-order valence-electron chi connectivity index (χ0n) is 10.9. The van der Waals surface area contributed by atoms with Crippen LogP contribution in [0.15, 0.2) is 53.6 Å². The van der Waals surface area contributed by atoms with Gasteiger partial charge in [-0.3, -0.25) is 5.43 Å². The van der Waals surface area contributed by atoms with Gasteiger partial charge in [-0.15, -0.1) is 0 Å². The molecule has 0 heterocycles. The Morgan fingerprint density at radius 3 is 2.80 bits per heavy atom. The molecule has 20 heavy (non-hydrogen) atoms. The van der Waals surface area contributed by atoms with Crippen molar-refractivity contribution in [2.45, 2.75) is 0 Å². The first-order chi connectivity index (χ1) is 9.69. The van der Waals surface area contributed by atoms with Crippen LogP contribution in [-0.4, -0.2) is 24.4 Å². The van der Waals surface area contributed by atoms with Crippen LogP contribution in [0.2, 0.25) is 0 Å². The van der Waals surface area contributed by atoms with Crippen molar-refractivity contribution in [3.63, 3.8) is 0 Å². The zero-order chi connectivity index (χ0) is 14.4. The van der Waals surface area contributed by atoms with Crippen LogP contribution in [0, 0.1) is 0 Å². The Kier molecular flexibility index (Phi) is 4.34. The highest BCUT2D eigenvalue weighted by molar-refractivity contribution is 5.88. The molecule has 0 bridgehead atoms. The summed E-state index contributed by atoms with van der Waals surface area (Å²) >= 11 is 0. The molecule has 5 nitrogen and oxygen atoms in total. The molecule has 2 aromatic rings. The highest BCUT2D eigenvalue weighted by atomic mass is 16.5. The van der Waals surface area contributed by atoms with Crippen LogP contribution in [-0.2, 0) is 0 Å². The Morgan fingerprint density at radius 1 is 1.25 bits per heavy atom. The number of anilines is 1. The number of nitrogens with one attached hydrogen (secondary N) is 1. The first kappa shape index (κ1) is 13.6. The molecule has 0 atom stereocenters. The second-order valence-electron chi connectivity index (χ2n) is 4.03. The first-order valence-corrected chi connectivity index (χ1v) is 5.95. The summed E-state index contributed by atoms with van der Waals surface area (Å²) in [6, 6.07) is 13.9. The third-order valence-electron chi connectivity index (χ3n) is 2.61. The minimum absolute atomic E-state index is 0.214. The number of nitrogens with zero attached hydrogens (tertiary/aromatic N) is 1. The predicted octanol–water partition coefficient (Wildman–Crippen LogP) is 2.84. The summed E-state index contributed by atoms with van der Waals surface area (Å²) in [5, 5.41) is 13.0. The van der Waals surface area contributed by atoms with Crippen LogP contribution in [0.25, 0.3) is 0 Å². The number of hydrogen-bond acceptors (Lipinski definition) is 4. The van der Waals surface area contributed by atoms with Crippen LogP contribution in [0.1, 0.15) is 15.9 Å². The van der Waals surface area contributed by atoms with E-state index in [9.17, 15) is 4.79 Å². The molecule has 2 rings (SSSR count). The van der Waals surface area contributed by atoms with E-state index in [-0.39, 0.29) is 5.56 Å². The van der Waals surface area contributed by atoms with Gasteiger partial charge in [0.15, 0.2) is 0 Å². The van der Waals surface area contributed by atoms with E-state index in [0.717, 1.165) is 11.3 Å². The third kappa shape index (κ3) is 3.58. The monoisotopic (exact) mass is 270 g/mol. The quantitative estimate of drug-likeness (QED) is 0.647. The van der Waals surface area contributed by atoms with Gasteiger partial charge in [-0.05, 0) is 35.9 Å². The van der Waals surface area contributed by atoms with Gasteiger partial charge in [-0.1, -0.05) is 18.2 Å². The smallest absolute Gasteiger partial charge is 0.335 e. The minimum atomic E-state index is -0.967. The fourth-order valence-corrected chi connectivity index (χ4v) is 1.62. The summed E-state index contributed by atoms with van der Waals surface area (Å²) in [6.07, 6.45) is 1.63. The molecule has 0 aliphatic carbocycles. The molecule has 5 heteroatoms. The lowest BCUT2D eigenvalue weighted by atomic mass is 10.2.